The Balaban J connectivity index is 5.29. The molecule has 0 fully saturated rings. The Morgan fingerprint density at radius 2 is 0.596 bits per heavy atom. The number of phosphoric ester groups is 2. The van der Waals surface area contributed by atoms with E-state index >= 15 is 0 Å². The average molecular weight is 1450 g/mol. The number of rotatable bonds is 76. The Morgan fingerprint density at radius 1 is 0.333 bits per heavy atom. The van der Waals surface area contributed by atoms with Crippen molar-refractivity contribution in [2.75, 3.05) is 39.6 Å². The molecule has 0 aromatic rings. The maximum absolute atomic E-state index is 13.1. The molecule has 0 saturated heterocycles. The zero-order valence-corrected chi connectivity index (χ0v) is 66.2. The first-order chi connectivity index (χ1) is 47.8. The number of hydrogen-bond donors (Lipinski definition) is 3. The molecule has 17 nitrogen and oxygen atoms in total. The van der Waals surface area contributed by atoms with Gasteiger partial charge in [0.15, 0.2) is 12.2 Å². The van der Waals surface area contributed by atoms with Crippen LogP contribution < -0.4 is 0 Å². The standard InChI is InChI=1S/C80H152O17P2/c1-8-11-12-13-14-15-16-17-18-24-30-35-40-49-56-64-80(85)97-76(68-91-78(83)62-55-48-43-42-46-53-60-73(7)10-3)70-95-99(88,89)93-66-74(81)65-92-98(86,87)94-69-75(67-90-77(82)61-54-47-39-34-29-26-21-22-27-32-37-44-51-58-71(4)5)96-79(84)63-57-50-41-36-31-25-20-19-23-28-33-38-45-52-59-72(6)9-2/h15-18,71-76,81H,8-14,19-70H2,1-7H3,(H,86,87)(H,88,89)/b16-15-,18-17-/t72?,73?,74-,75-,76-/m1/s1. The lowest BCUT2D eigenvalue weighted by Crippen LogP contribution is -2.30. The molecule has 0 aromatic carbocycles. The van der Waals surface area contributed by atoms with E-state index in [-0.39, 0.29) is 25.7 Å². The molecule has 7 atom stereocenters. The van der Waals surface area contributed by atoms with E-state index < -0.39 is 97.5 Å². The molecular formula is C80H152O17P2. The highest BCUT2D eigenvalue weighted by molar-refractivity contribution is 7.47. The lowest BCUT2D eigenvalue weighted by atomic mass is 9.99. The maximum Gasteiger partial charge on any atom is 0.472 e. The number of esters is 4. The SMILES string of the molecule is CCCCCC/C=C\C=C/CCCCCCCC(=O)O[C@H](COC(=O)CCCCCCCCC(C)CC)COP(=O)(O)OC[C@H](O)COP(=O)(O)OC[C@@H](COC(=O)CCCCCCCCCCCCCCCC(C)C)OC(=O)CCCCCCCCCCCCCCCCC(C)CC. The molecule has 0 saturated carbocycles. The van der Waals surface area contributed by atoms with Crippen LogP contribution in [-0.4, -0.2) is 96.7 Å². The molecule has 99 heavy (non-hydrogen) atoms. The number of aliphatic hydroxyl groups is 1. The minimum Gasteiger partial charge on any atom is -0.462 e. The van der Waals surface area contributed by atoms with Crippen LogP contribution in [0.4, 0.5) is 0 Å². The van der Waals surface area contributed by atoms with Crippen molar-refractivity contribution in [3.63, 3.8) is 0 Å². The number of unbranched alkanes of at least 4 members (excludes halogenated alkanes) is 39. The lowest BCUT2D eigenvalue weighted by Gasteiger charge is -2.21. The molecule has 0 aliphatic heterocycles. The monoisotopic (exact) mass is 1450 g/mol. The lowest BCUT2D eigenvalue weighted by molar-refractivity contribution is -0.161. The molecule has 0 bridgehead atoms. The summed E-state index contributed by atoms with van der Waals surface area (Å²) in [6.45, 7) is 11.9. The first-order valence-corrected chi connectivity index (χ1v) is 43.7. The van der Waals surface area contributed by atoms with Gasteiger partial charge in [0.25, 0.3) is 0 Å². The summed E-state index contributed by atoms with van der Waals surface area (Å²) in [5.41, 5.74) is 0. The van der Waals surface area contributed by atoms with Gasteiger partial charge in [0.05, 0.1) is 26.4 Å². The molecular weight excluding hydrogens is 1290 g/mol. The van der Waals surface area contributed by atoms with E-state index in [1.54, 1.807) is 0 Å². The van der Waals surface area contributed by atoms with E-state index in [1.807, 2.05) is 0 Å². The number of aliphatic hydroxyl groups excluding tert-OH is 1. The van der Waals surface area contributed by atoms with E-state index in [1.165, 1.54) is 180 Å². The Labute approximate surface area is 605 Å². The highest BCUT2D eigenvalue weighted by Gasteiger charge is 2.30. The fraction of sp³-hybridized carbons (Fsp3) is 0.900. The van der Waals surface area contributed by atoms with Crippen molar-refractivity contribution in [1.82, 2.24) is 0 Å². The van der Waals surface area contributed by atoms with Gasteiger partial charge in [-0.05, 0) is 69.1 Å². The first kappa shape index (κ1) is 96.5. The van der Waals surface area contributed by atoms with Crippen LogP contribution in [0.25, 0.3) is 0 Å². The third-order valence-electron chi connectivity index (χ3n) is 18.7. The summed E-state index contributed by atoms with van der Waals surface area (Å²) in [6, 6.07) is 0. The number of allylic oxidation sites excluding steroid dienone is 4. The predicted molar refractivity (Wildman–Crippen MR) is 404 cm³/mol. The third kappa shape index (κ3) is 71.0. The molecule has 0 spiro atoms. The molecule has 0 amide bonds. The molecule has 0 aromatic heterocycles. The highest BCUT2D eigenvalue weighted by Crippen LogP contribution is 2.45. The molecule has 0 aliphatic carbocycles. The van der Waals surface area contributed by atoms with Crippen molar-refractivity contribution in [2.24, 2.45) is 17.8 Å². The largest absolute Gasteiger partial charge is 0.472 e. The maximum atomic E-state index is 13.1. The molecule has 0 heterocycles. The van der Waals surface area contributed by atoms with Crippen LogP contribution >= 0.6 is 15.6 Å². The molecule has 0 aliphatic rings. The first-order valence-electron chi connectivity index (χ1n) is 40.7. The quantitative estimate of drug-likeness (QED) is 0.0169. The van der Waals surface area contributed by atoms with Gasteiger partial charge in [-0.1, -0.05) is 336 Å². The van der Waals surface area contributed by atoms with E-state index in [4.69, 9.17) is 37.0 Å². The van der Waals surface area contributed by atoms with Gasteiger partial charge in [0, 0.05) is 25.7 Å². The van der Waals surface area contributed by atoms with Crippen LogP contribution in [0.3, 0.4) is 0 Å². The minimum absolute atomic E-state index is 0.0840. The summed E-state index contributed by atoms with van der Waals surface area (Å²) < 4.78 is 68.6. The molecule has 19 heteroatoms. The van der Waals surface area contributed by atoms with Crippen molar-refractivity contribution in [3.05, 3.63) is 24.3 Å². The van der Waals surface area contributed by atoms with Gasteiger partial charge in [0.1, 0.15) is 19.3 Å². The topological polar surface area (TPSA) is 237 Å². The number of carbonyl (C=O) groups excluding carboxylic acids is 4. The molecule has 584 valence electrons. The van der Waals surface area contributed by atoms with E-state index in [2.05, 4.69) is 72.8 Å². The van der Waals surface area contributed by atoms with Gasteiger partial charge in [-0.15, -0.1) is 0 Å². The van der Waals surface area contributed by atoms with E-state index in [0.717, 1.165) is 127 Å². The Hall–Kier alpha value is -2.46. The summed E-state index contributed by atoms with van der Waals surface area (Å²) in [4.78, 5) is 73.0. The summed E-state index contributed by atoms with van der Waals surface area (Å²) in [7, 11) is -9.93. The Morgan fingerprint density at radius 3 is 0.899 bits per heavy atom. The Bertz CT molecular complexity index is 2020. The average Bonchev–Trinajstić information content (AvgIpc) is 1.00. The molecule has 0 rings (SSSR count). The summed E-state index contributed by atoms with van der Waals surface area (Å²) in [6.07, 6.45) is 60.4. The van der Waals surface area contributed by atoms with Crippen LogP contribution in [0.5, 0.6) is 0 Å². The number of carbonyl (C=O) groups is 4. The fourth-order valence-corrected chi connectivity index (χ4v) is 13.3. The zero-order chi connectivity index (χ0) is 73.0. The highest BCUT2D eigenvalue weighted by atomic mass is 31.2. The van der Waals surface area contributed by atoms with Crippen molar-refractivity contribution < 1.29 is 80.2 Å². The third-order valence-corrected chi connectivity index (χ3v) is 20.6. The zero-order valence-electron chi connectivity index (χ0n) is 64.4. The number of hydrogen-bond acceptors (Lipinski definition) is 15. The smallest absolute Gasteiger partial charge is 0.462 e. The summed E-state index contributed by atoms with van der Waals surface area (Å²) in [5.74, 6) is 0.218. The normalized spacial score (nSPS) is 14.7. The van der Waals surface area contributed by atoms with Crippen LogP contribution in [-0.2, 0) is 65.4 Å². The second-order valence-electron chi connectivity index (χ2n) is 29.1. The van der Waals surface area contributed by atoms with Crippen LogP contribution in [0.15, 0.2) is 24.3 Å². The van der Waals surface area contributed by atoms with E-state index in [0.29, 0.717) is 25.7 Å². The van der Waals surface area contributed by atoms with Gasteiger partial charge in [-0.3, -0.25) is 37.3 Å². The van der Waals surface area contributed by atoms with Crippen molar-refractivity contribution in [2.45, 2.75) is 407 Å². The fourth-order valence-electron chi connectivity index (χ4n) is 11.7. The van der Waals surface area contributed by atoms with E-state index in [9.17, 15) is 43.2 Å². The van der Waals surface area contributed by atoms with Crippen LogP contribution in [0.2, 0.25) is 0 Å². The van der Waals surface area contributed by atoms with Gasteiger partial charge in [-0.25, -0.2) is 9.13 Å². The molecule has 4 unspecified atom stereocenters. The second-order valence-corrected chi connectivity index (χ2v) is 32.0. The molecule has 3 N–H and O–H groups in total. The van der Waals surface area contributed by atoms with Crippen LogP contribution in [0, 0.1) is 17.8 Å². The number of ether oxygens (including phenoxy) is 4. The Kier molecular flexibility index (Phi) is 68.1. The second kappa shape index (κ2) is 69.9. The number of phosphoric acid groups is 2. The molecule has 0 radical (unpaired) electrons. The van der Waals surface area contributed by atoms with Gasteiger partial charge in [-0.2, -0.15) is 0 Å². The van der Waals surface area contributed by atoms with Gasteiger partial charge >= 0.3 is 39.5 Å². The predicted octanol–water partition coefficient (Wildman–Crippen LogP) is 23.3. The van der Waals surface area contributed by atoms with Crippen molar-refractivity contribution in [3.8, 4) is 0 Å². The summed E-state index contributed by atoms with van der Waals surface area (Å²) >= 11 is 0. The summed E-state index contributed by atoms with van der Waals surface area (Å²) in [5, 5.41) is 10.6. The van der Waals surface area contributed by atoms with Crippen LogP contribution in [0.1, 0.15) is 389 Å². The van der Waals surface area contributed by atoms with Gasteiger partial charge in [0.2, 0.25) is 0 Å². The van der Waals surface area contributed by atoms with Crippen molar-refractivity contribution in [1.29, 1.82) is 0 Å². The van der Waals surface area contributed by atoms with Crippen molar-refractivity contribution >= 4 is 39.5 Å². The minimum atomic E-state index is -4.97. The van der Waals surface area contributed by atoms with Gasteiger partial charge < -0.3 is 33.8 Å².